The summed E-state index contributed by atoms with van der Waals surface area (Å²) in [6.07, 6.45) is -2.60. The number of alkyl halides is 2. The largest absolute Gasteiger partial charge is 0.395 e. The van der Waals surface area contributed by atoms with E-state index < -0.39 is 24.7 Å². The fourth-order valence-corrected chi connectivity index (χ4v) is 1.73. The second-order valence-electron chi connectivity index (χ2n) is 4.13. The maximum absolute atomic E-state index is 13.6. The monoisotopic (exact) mass is 291 g/mol. The van der Waals surface area contributed by atoms with Gasteiger partial charge in [0.15, 0.2) is 0 Å². The van der Waals surface area contributed by atoms with Crippen molar-refractivity contribution >= 4 is 5.91 Å². The van der Waals surface area contributed by atoms with Gasteiger partial charge >= 0.3 is 0 Å². The molecular formula is C12H16F3N3O2. The number of rotatable bonds is 7. The van der Waals surface area contributed by atoms with E-state index in [0.717, 1.165) is 6.07 Å². The van der Waals surface area contributed by atoms with Gasteiger partial charge in [-0.3, -0.25) is 15.1 Å². The molecule has 20 heavy (non-hydrogen) atoms. The van der Waals surface area contributed by atoms with E-state index in [4.69, 9.17) is 10.9 Å². The van der Waals surface area contributed by atoms with Crippen molar-refractivity contribution < 1.29 is 23.1 Å². The number of nitrogens with one attached hydrogen (secondary N) is 1. The van der Waals surface area contributed by atoms with Crippen LogP contribution in [0.4, 0.5) is 13.2 Å². The summed E-state index contributed by atoms with van der Waals surface area (Å²) in [5, 5.41) is 8.82. The van der Waals surface area contributed by atoms with Crippen molar-refractivity contribution in [2.75, 3.05) is 19.7 Å². The number of carbonyl (C=O) groups is 1. The zero-order valence-electron chi connectivity index (χ0n) is 10.7. The molecule has 0 aliphatic heterocycles. The molecule has 0 spiro atoms. The third kappa shape index (κ3) is 4.80. The first-order valence-corrected chi connectivity index (χ1v) is 5.88. The molecule has 0 bridgehead atoms. The molecule has 0 aliphatic rings. The SMILES string of the molecule is NNC(=O)c1ccc(F)c(CN(CCO)CC(F)F)c1. The summed E-state index contributed by atoms with van der Waals surface area (Å²) in [7, 11) is 0. The van der Waals surface area contributed by atoms with Crippen LogP contribution in [0.3, 0.4) is 0 Å². The topological polar surface area (TPSA) is 78.6 Å². The van der Waals surface area contributed by atoms with Crippen LogP contribution in [0.25, 0.3) is 0 Å². The Morgan fingerprint density at radius 1 is 1.45 bits per heavy atom. The number of amides is 1. The number of aliphatic hydroxyl groups excluding tert-OH is 1. The maximum atomic E-state index is 13.6. The zero-order chi connectivity index (χ0) is 15.1. The maximum Gasteiger partial charge on any atom is 0.265 e. The normalized spacial score (nSPS) is 11.2. The minimum Gasteiger partial charge on any atom is -0.395 e. The number of hydrazine groups is 1. The Bertz CT molecular complexity index is 458. The van der Waals surface area contributed by atoms with Crippen molar-refractivity contribution in [1.82, 2.24) is 10.3 Å². The highest BCUT2D eigenvalue weighted by Crippen LogP contribution is 2.14. The van der Waals surface area contributed by atoms with Gasteiger partial charge in [-0.1, -0.05) is 0 Å². The lowest BCUT2D eigenvalue weighted by Gasteiger charge is -2.21. The van der Waals surface area contributed by atoms with E-state index in [-0.39, 0.29) is 30.8 Å². The van der Waals surface area contributed by atoms with Crippen molar-refractivity contribution in [3.63, 3.8) is 0 Å². The van der Waals surface area contributed by atoms with Crippen LogP contribution >= 0.6 is 0 Å². The van der Waals surface area contributed by atoms with Crippen LogP contribution in [0.2, 0.25) is 0 Å². The third-order valence-electron chi connectivity index (χ3n) is 2.65. The summed E-state index contributed by atoms with van der Waals surface area (Å²) in [6, 6.07) is 3.55. The van der Waals surface area contributed by atoms with Crippen molar-refractivity contribution in [1.29, 1.82) is 0 Å². The molecular weight excluding hydrogens is 275 g/mol. The molecule has 0 atom stereocenters. The van der Waals surface area contributed by atoms with Gasteiger partial charge in [-0.25, -0.2) is 19.0 Å². The number of nitrogen functional groups attached to an aromatic ring is 1. The molecule has 1 rings (SSSR count). The molecule has 1 aromatic rings. The van der Waals surface area contributed by atoms with Crippen molar-refractivity contribution in [3.8, 4) is 0 Å². The molecule has 1 aromatic carbocycles. The summed E-state index contributed by atoms with van der Waals surface area (Å²) in [5.74, 6) is 3.75. The number of carbonyl (C=O) groups excluding carboxylic acids is 1. The Hall–Kier alpha value is -1.64. The molecule has 8 heteroatoms. The fraction of sp³-hybridized carbons (Fsp3) is 0.417. The molecule has 0 saturated carbocycles. The highest BCUT2D eigenvalue weighted by molar-refractivity contribution is 5.93. The first-order chi connectivity index (χ1) is 9.47. The second-order valence-corrected chi connectivity index (χ2v) is 4.13. The van der Waals surface area contributed by atoms with Gasteiger partial charge in [0, 0.05) is 24.2 Å². The van der Waals surface area contributed by atoms with Crippen molar-refractivity contribution in [3.05, 3.63) is 35.1 Å². The van der Waals surface area contributed by atoms with E-state index in [9.17, 15) is 18.0 Å². The number of halogens is 3. The average molecular weight is 291 g/mol. The summed E-state index contributed by atoms with van der Waals surface area (Å²) in [5.41, 5.74) is 2.12. The van der Waals surface area contributed by atoms with Crippen LogP contribution in [0.15, 0.2) is 18.2 Å². The fourth-order valence-electron chi connectivity index (χ4n) is 1.73. The van der Waals surface area contributed by atoms with Gasteiger partial charge in [-0.2, -0.15) is 0 Å². The smallest absolute Gasteiger partial charge is 0.265 e. The molecule has 1 amide bonds. The summed E-state index contributed by atoms with van der Waals surface area (Å²) < 4.78 is 38.4. The average Bonchev–Trinajstić information content (AvgIpc) is 2.40. The lowest BCUT2D eigenvalue weighted by Crippen LogP contribution is -2.32. The first kappa shape index (κ1) is 16.4. The van der Waals surface area contributed by atoms with E-state index in [1.807, 2.05) is 5.43 Å². The minimum absolute atomic E-state index is 0.0168. The highest BCUT2D eigenvalue weighted by Gasteiger charge is 2.15. The third-order valence-corrected chi connectivity index (χ3v) is 2.65. The van der Waals surface area contributed by atoms with Gasteiger partial charge < -0.3 is 5.11 Å². The molecule has 0 saturated heterocycles. The Morgan fingerprint density at radius 2 is 2.15 bits per heavy atom. The summed E-state index contributed by atoms with van der Waals surface area (Å²) in [6.45, 7) is -1.07. The molecule has 0 radical (unpaired) electrons. The molecule has 0 aliphatic carbocycles. The Labute approximate surface area is 114 Å². The van der Waals surface area contributed by atoms with E-state index in [1.54, 1.807) is 0 Å². The molecule has 0 heterocycles. The molecule has 5 nitrogen and oxygen atoms in total. The number of benzene rings is 1. The molecule has 0 fully saturated rings. The van der Waals surface area contributed by atoms with Crippen LogP contribution in [-0.2, 0) is 6.54 Å². The standard InChI is InChI=1S/C12H16F3N3O2/c13-10-2-1-8(12(20)17-16)5-9(10)6-18(3-4-19)7-11(14)15/h1-2,5,11,19H,3-4,6-7,16H2,(H,17,20). The Morgan fingerprint density at radius 3 is 2.70 bits per heavy atom. The predicted octanol–water partition coefficient (Wildman–Crippen LogP) is 0.489. The predicted molar refractivity (Wildman–Crippen MR) is 66.4 cm³/mol. The van der Waals surface area contributed by atoms with Crippen LogP contribution < -0.4 is 11.3 Å². The number of nitrogens with zero attached hydrogens (tertiary/aromatic N) is 1. The Balaban J connectivity index is 2.90. The highest BCUT2D eigenvalue weighted by atomic mass is 19.3. The molecule has 112 valence electrons. The number of aliphatic hydroxyl groups is 1. The van der Waals surface area contributed by atoms with Gasteiger partial charge in [0.2, 0.25) is 0 Å². The van der Waals surface area contributed by atoms with Crippen LogP contribution in [0, 0.1) is 5.82 Å². The Kier molecular flexibility index (Phi) is 6.43. The van der Waals surface area contributed by atoms with E-state index in [2.05, 4.69) is 0 Å². The number of hydrogen-bond donors (Lipinski definition) is 3. The molecule has 0 unspecified atom stereocenters. The van der Waals surface area contributed by atoms with E-state index >= 15 is 0 Å². The number of hydrogen-bond acceptors (Lipinski definition) is 4. The quantitative estimate of drug-likeness (QED) is 0.388. The molecule has 4 N–H and O–H groups in total. The first-order valence-electron chi connectivity index (χ1n) is 5.88. The lowest BCUT2D eigenvalue weighted by molar-refractivity contribution is 0.0740. The van der Waals surface area contributed by atoms with Gasteiger partial charge in [0.1, 0.15) is 5.82 Å². The second kappa shape index (κ2) is 7.83. The van der Waals surface area contributed by atoms with Gasteiger partial charge in [-0.15, -0.1) is 0 Å². The summed E-state index contributed by atoms with van der Waals surface area (Å²) >= 11 is 0. The van der Waals surface area contributed by atoms with Gasteiger partial charge in [0.25, 0.3) is 12.3 Å². The van der Waals surface area contributed by atoms with Crippen molar-refractivity contribution in [2.24, 2.45) is 5.84 Å². The van der Waals surface area contributed by atoms with Gasteiger partial charge in [0.05, 0.1) is 13.2 Å². The summed E-state index contributed by atoms with van der Waals surface area (Å²) in [4.78, 5) is 12.5. The van der Waals surface area contributed by atoms with Gasteiger partial charge in [-0.05, 0) is 18.2 Å². The zero-order valence-corrected chi connectivity index (χ0v) is 10.7. The van der Waals surface area contributed by atoms with Crippen LogP contribution in [0.5, 0.6) is 0 Å². The lowest BCUT2D eigenvalue weighted by atomic mass is 10.1. The van der Waals surface area contributed by atoms with E-state index in [1.165, 1.54) is 17.0 Å². The number of nitrogens with two attached hydrogens (primary N) is 1. The van der Waals surface area contributed by atoms with E-state index in [0.29, 0.717) is 0 Å². The minimum atomic E-state index is -2.60. The van der Waals surface area contributed by atoms with Crippen molar-refractivity contribution in [2.45, 2.75) is 13.0 Å². The van der Waals surface area contributed by atoms with Crippen LogP contribution in [0.1, 0.15) is 15.9 Å². The van der Waals surface area contributed by atoms with Crippen LogP contribution in [-0.4, -0.2) is 42.0 Å². The molecule has 0 aromatic heterocycles.